The average molecular weight is 292 g/mol. The lowest BCUT2D eigenvalue weighted by molar-refractivity contribution is 0.160. The third kappa shape index (κ3) is 4.52. The van der Waals surface area contributed by atoms with Gasteiger partial charge in [0.1, 0.15) is 5.82 Å². The zero-order valence-corrected chi connectivity index (χ0v) is 13.6. The molecule has 3 atom stereocenters. The van der Waals surface area contributed by atoms with Gasteiger partial charge in [-0.05, 0) is 62.9 Å². The fourth-order valence-corrected chi connectivity index (χ4v) is 3.33. The summed E-state index contributed by atoms with van der Waals surface area (Å²) in [5, 5.41) is 0. The molecule has 0 spiro atoms. The molecule has 2 rings (SSSR count). The fraction of sp³-hybridized carbons (Fsp3) is 0.667. The van der Waals surface area contributed by atoms with E-state index in [-0.39, 0.29) is 11.9 Å². The second-order valence-corrected chi connectivity index (χ2v) is 6.81. The number of nitrogens with zero attached hydrogens (tertiary/aromatic N) is 1. The highest BCUT2D eigenvalue weighted by atomic mass is 19.1. The molecule has 118 valence electrons. The Labute approximate surface area is 128 Å². The first-order valence-electron chi connectivity index (χ1n) is 8.19. The lowest BCUT2D eigenvalue weighted by atomic mass is 9.86. The normalized spacial score (nSPS) is 24.3. The molecule has 0 bridgehead atoms. The maximum Gasteiger partial charge on any atom is 0.126 e. The van der Waals surface area contributed by atoms with Crippen molar-refractivity contribution in [3.8, 4) is 0 Å². The van der Waals surface area contributed by atoms with Crippen molar-refractivity contribution in [2.45, 2.75) is 58.0 Å². The Balaban J connectivity index is 1.85. The first-order valence-corrected chi connectivity index (χ1v) is 8.19. The number of hydrogen-bond donors (Lipinski definition) is 1. The minimum atomic E-state index is -0.155. The molecule has 21 heavy (non-hydrogen) atoms. The molecule has 2 N–H and O–H groups in total. The van der Waals surface area contributed by atoms with Gasteiger partial charge >= 0.3 is 0 Å². The minimum Gasteiger partial charge on any atom is -0.324 e. The maximum atomic E-state index is 13.6. The van der Waals surface area contributed by atoms with Crippen LogP contribution in [0.15, 0.2) is 18.2 Å². The molecule has 0 aromatic heterocycles. The van der Waals surface area contributed by atoms with E-state index in [9.17, 15) is 4.39 Å². The van der Waals surface area contributed by atoms with Crippen molar-refractivity contribution < 1.29 is 4.39 Å². The molecule has 0 aliphatic heterocycles. The summed E-state index contributed by atoms with van der Waals surface area (Å²) in [4.78, 5) is 2.44. The highest BCUT2D eigenvalue weighted by Gasteiger charge is 2.22. The number of rotatable bonds is 5. The number of aryl methyl sites for hydroxylation is 1. The average Bonchev–Trinajstić information content (AvgIpc) is 2.47. The van der Waals surface area contributed by atoms with Crippen molar-refractivity contribution >= 4 is 0 Å². The van der Waals surface area contributed by atoms with E-state index in [4.69, 9.17) is 5.73 Å². The van der Waals surface area contributed by atoms with Crippen molar-refractivity contribution in [3.63, 3.8) is 0 Å². The Bertz CT molecular complexity index is 461. The van der Waals surface area contributed by atoms with Crippen molar-refractivity contribution in [3.05, 3.63) is 35.1 Å². The number of halogens is 1. The largest absolute Gasteiger partial charge is 0.324 e. The molecule has 1 aliphatic carbocycles. The molecular formula is C18H29FN2. The Morgan fingerprint density at radius 3 is 2.81 bits per heavy atom. The predicted octanol–water partition coefficient (Wildman–Crippen LogP) is 4.03. The van der Waals surface area contributed by atoms with Gasteiger partial charge in [-0.25, -0.2) is 4.39 Å². The van der Waals surface area contributed by atoms with E-state index in [1.54, 1.807) is 13.0 Å². The van der Waals surface area contributed by atoms with E-state index >= 15 is 0 Å². The van der Waals surface area contributed by atoms with Crippen LogP contribution in [0.2, 0.25) is 0 Å². The van der Waals surface area contributed by atoms with Crippen molar-refractivity contribution in [2.24, 2.45) is 11.7 Å². The van der Waals surface area contributed by atoms with Gasteiger partial charge in [0.25, 0.3) is 0 Å². The van der Waals surface area contributed by atoms with Crippen molar-refractivity contribution in [1.82, 2.24) is 4.90 Å². The summed E-state index contributed by atoms with van der Waals surface area (Å²) >= 11 is 0. The molecule has 1 fully saturated rings. The van der Waals surface area contributed by atoms with Crippen LogP contribution in [0.25, 0.3) is 0 Å². The molecule has 1 aromatic carbocycles. The van der Waals surface area contributed by atoms with Gasteiger partial charge in [-0.3, -0.25) is 0 Å². The van der Waals surface area contributed by atoms with Crippen molar-refractivity contribution in [1.29, 1.82) is 0 Å². The molecule has 1 aromatic rings. The summed E-state index contributed by atoms with van der Waals surface area (Å²) < 4.78 is 13.6. The predicted molar refractivity (Wildman–Crippen MR) is 86.7 cm³/mol. The summed E-state index contributed by atoms with van der Waals surface area (Å²) in [6.07, 6.45) is 6.18. The second kappa shape index (κ2) is 7.37. The number of hydrogen-bond acceptors (Lipinski definition) is 2. The molecule has 1 saturated carbocycles. The van der Waals surface area contributed by atoms with Crippen LogP contribution in [-0.4, -0.2) is 24.5 Å². The van der Waals surface area contributed by atoms with Crippen LogP contribution in [-0.2, 0) is 0 Å². The smallest absolute Gasteiger partial charge is 0.126 e. The molecule has 0 amide bonds. The van der Waals surface area contributed by atoms with E-state index in [1.165, 1.54) is 25.7 Å². The van der Waals surface area contributed by atoms with Gasteiger partial charge in [0.15, 0.2) is 0 Å². The number of benzene rings is 1. The van der Waals surface area contributed by atoms with Gasteiger partial charge in [0, 0.05) is 12.1 Å². The van der Waals surface area contributed by atoms with Crippen LogP contribution in [0.5, 0.6) is 0 Å². The topological polar surface area (TPSA) is 29.3 Å². The fourth-order valence-electron chi connectivity index (χ4n) is 3.33. The van der Waals surface area contributed by atoms with Gasteiger partial charge < -0.3 is 10.6 Å². The summed E-state index contributed by atoms with van der Waals surface area (Å²) in [5.74, 6) is 0.684. The molecule has 3 heteroatoms. The molecule has 2 nitrogen and oxygen atoms in total. The zero-order chi connectivity index (χ0) is 15.4. The molecule has 0 heterocycles. The Morgan fingerprint density at radius 2 is 2.14 bits per heavy atom. The van der Waals surface area contributed by atoms with E-state index in [2.05, 4.69) is 18.9 Å². The lowest BCUT2D eigenvalue weighted by Gasteiger charge is -2.34. The lowest BCUT2D eigenvalue weighted by Crippen LogP contribution is -2.37. The maximum absolute atomic E-state index is 13.6. The summed E-state index contributed by atoms with van der Waals surface area (Å²) in [6.45, 7) is 5.11. The SMILES string of the molecule is Cc1ccc(C(N)CCN(C)C2CCCC(C)C2)cc1F. The van der Waals surface area contributed by atoms with Crippen LogP contribution in [0.3, 0.4) is 0 Å². The van der Waals surface area contributed by atoms with Crippen LogP contribution in [0.1, 0.15) is 56.2 Å². The van der Waals surface area contributed by atoms with Gasteiger partial charge in [0.2, 0.25) is 0 Å². The third-order valence-corrected chi connectivity index (χ3v) is 4.95. The molecule has 0 saturated heterocycles. The monoisotopic (exact) mass is 292 g/mol. The highest BCUT2D eigenvalue weighted by molar-refractivity contribution is 5.25. The summed E-state index contributed by atoms with van der Waals surface area (Å²) in [5.41, 5.74) is 7.81. The Hall–Kier alpha value is -0.930. The molecule has 1 aliphatic rings. The summed E-state index contributed by atoms with van der Waals surface area (Å²) in [7, 11) is 2.20. The van der Waals surface area contributed by atoms with E-state index in [0.29, 0.717) is 11.6 Å². The quantitative estimate of drug-likeness (QED) is 0.887. The van der Waals surface area contributed by atoms with E-state index < -0.39 is 0 Å². The number of nitrogens with two attached hydrogens (primary N) is 1. The van der Waals surface area contributed by atoms with Gasteiger partial charge in [-0.2, -0.15) is 0 Å². The van der Waals surface area contributed by atoms with Gasteiger partial charge in [-0.1, -0.05) is 31.9 Å². The summed E-state index contributed by atoms with van der Waals surface area (Å²) in [6, 6.07) is 5.96. The van der Waals surface area contributed by atoms with Crippen LogP contribution >= 0.6 is 0 Å². The zero-order valence-electron chi connectivity index (χ0n) is 13.6. The van der Waals surface area contributed by atoms with Crippen LogP contribution < -0.4 is 5.73 Å². The van der Waals surface area contributed by atoms with Gasteiger partial charge in [0.05, 0.1) is 0 Å². The second-order valence-electron chi connectivity index (χ2n) is 6.81. The van der Waals surface area contributed by atoms with E-state index in [1.807, 2.05) is 12.1 Å². The van der Waals surface area contributed by atoms with Crippen LogP contribution in [0, 0.1) is 18.7 Å². The highest BCUT2D eigenvalue weighted by Crippen LogP contribution is 2.27. The molecule has 0 radical (unpaired) electrons. The first kappa shape index (κ1) is 16.4. The Kier molecular flexibility index (Phi) is 5.77. The molecule has 3 unspecified atom stereocenters. The van der Waals surface area contributed by atoms with E-state index in [0.717, 1.165) is 24.4 Å². The first-order chi connectivity index (χ1) is 9.97. The minimum absolute atomic E-state index is 0.0800. The van der Waals surface area contributed by atoms with Gasteiger partial charge in [-0.15, -0.1) is 0 Å². The standard InChI is InChI=1S/C18H29FN2/c1-13-5-4-6-16(11-13)21(3)10-9-18(20)15-8-7-14(2)17(19)12-15/h7-8,12-13,16,18H,4-6,9-11,20H2,1-3H3. The Morgan fingerprint density at radius 1 is 1.38 bits per heavy atom. The molecular weight excluding hydrogens is 263 g/mol. The third-order valence-electron chi connectivity index (χ3n) is 4.95. The van der Waals surface area contributed by atoms with Crippen LogP contribution in [0.4, 0.5) is 4.39 Å². The van der Waals surface area contributed by atoms with Crippen molar-refractivity contribution in [2.75, 3.05) is 13.6 Å².